The van der Waals surface area contributed by atoms with Crippen LogP contribution >= 0.6 is 0 Å². The molecule has 12 nitrogen and oxygen atoms in total. The Balaban J connectivity index is 1.16. The Bertz CT molecular complexity index is 2490. The summed E-state index contributed by atoms with van der Waals surface area (Å²) in [6.45, 7) is 6.88. The van der Waals surface area contributed by atoms with Crippen LogP contribution < -0.4 is 14.5 Å². The molecule has 3 aliphatic heterocycles. The quantitative estimate of drug-likeness (QED) is 0.111. The van der Waals surface area contributed by atoms with Crippen molar-refractivity contribution in [1.82, 2.24) is 35.1 Å². The topological polar surface area (TPSA) is 119 Å². The number of hydrogen-bond acceptors (Lipinski definition) is 11. The van der Waals surface area contributed by atoms with Crippen molar-refractivity contribution in [3.63, 3.8) is 0 Å². The van der Waals surface area contributed by atoms with Crippen molar-refractivity contribution in [3.05, 3.63) is 71.6 Å². The van der Waals surface area contributed by atoms with Crippen LogP contribution in [0.4, 0.5) is 32.6 Å². The van der Waals surface area contributed by atoms with E-state index in [2.05, 4.69) is 31.0 Å². The molecule has 3 aliphatic rings. The summed E-state index contributed by atoms with van der Waals surface area (Å²) in [6, 6.07) is 8.44. The normalized spacial score (nSPS) is 19.9. The highest BCUT2D eigenvalue weighted by atomic mass is 19.4. The van der Waals surface area contributed by atoms with Gasteiger partial charge >= 0.3 is 18.3 Å². The van der Waals surface area contributed by atoms with Crippen LogP contribution in [0.2, 0.25) is 0 Å². The Kier molecular flexibility index (Phi) is 10.9. The predicted octanol–water partition coefficient (Wildman–Crippen LogP) is 8.51. The van der Waals surface area contributed by atoms with E-state index in [0.717, 1.165) is 25.3 Å². The minimum atomic E-state index is -4.59. The average molecular weight is 831 g/mol. The number of hydrogen-bond donors (Lipinski definition) is 0. The zero-order valence-corrected chi connectivity index (χ0v) is 33.4. The highest BCUT2D eigenvalue weighted by Crippen LogP contribution is 2.44. The second-order valence-corrected chi connectivity index (χ2v) is 16.4. The van der Waals surface area contributed by atoms with E-state index in [-0.39, 0.29) is 64.7 Å². The van der Waals surface area contributed by atoms with Gasteiger partial charge in [-0.15, -0.1) is 11.5 Å². The van der Waals surface area contributed by atoms with Crippen molar-refractivity contribution < 1.29 is 41.0 Å². The van der Waals surface area contributed by atoms with Crippen molar-refractivity contribution in [3.8, 4) is 35.5 Å². The number of terminal acetylenes is 1. The number of amides is 1. The Morgan fingerprint density at radius 2 is 1.80 bits per heavy atom. The molecule has 3 saturated heterocycles. The van der Waals surface area contributed by atoms with Crippen LogP contribution in [-0.4, -0.2) is 91.2 Å². The maximum Gasteiger partial charge on any atom is 0.429 e. The molecule has 0 spiro atoms. The largest absolute Gasteiger partial charge is 0.475 e. The number of rotatable bonds is 8. The molecule has 2 unspecified atom stereocenters. The van der Waals surface area contributed by atoms with Crippen LogP contribution in [-0.2, 0) is 10.9 Å². The molecule has 2 atom stereocenters. The van der Waals surface area contributed by atoms with Gasteiger partial charge in [-0.25, -0.2) is 18.6 Å². The third-order valence-corrected chi connectivity index (χ3v) is 11.3. The first-order chi connectivity index (χ1) is 28.7. The summed E-state index contributed by atoms with van der Waals surface area (Å²) in [5, 5.41) is 11.5. The van der Waals surface area contributed by atoms with Gasteiger partial charge in [-0.1, -0.05) is 30.2 Å². The van der Waals surface area contributed by atoms with Gasteiger partial charge in [-0.2, -0.15) is 28.2 Å². The van der Waals surface area contributed by atoms with Crippen LogP contribution in [0.3, 0.4) is 0 Å². The predicted molar refractivity (Wildman–Crippen MR) is 212 cm³/mol. The first kappa shape index (κ1) is 40.9. The number of carbonyl (C=O) groups is 1. The molecule has 0 bridgehead atoms. The lowest BCUT2D eigenvalue weighted by molar-refractivity contribution is -0.138. The fraction of sp³-hybridized carbons (Fsp3) is 0.442. The fourth-order valence-electron chi connectivity index (χ4n) is 8.57. The molecule has 2 aromatic carbocycles. The molecule has 3 fully saturated rings. The lowest BCUT2D eigenvalue weighted by Gasteiger charge is -2.36. The average Bonchev–Trinajstić information content (AvgIpc) is 3.67. The number of halogens is 5. The van der Waals surface area contributed by atoms with Gasteiger partial charge in [0, 0.05) is 42.3 Å². The maximum absolute atomic E-state index is 17.3. The van der Waals surface area contributed by atoms with Gasteiger partial charge in [0.05, 0.1) is 28.2 Å². The molecule has 8 rings (SSSR count). The number of pyridine rings is 1. The van der Waals surface area contributed by atoms with Gasteiger partial charge < -0.3 is 14.2 Å². The highest BCUT2D eigenvalue weighted by molar-refractivity contribution is 6.02. The molecule has 0 N–H and O–H groups in total. The summed E-state index contributed by atoms with van der Waals surface area (Å²) in [5.41, 5.74) is -2.25. The first-order valence-electron chi connectivity index (χ1n) is 19.9. The number of carbonyl (C=O) groups excluding carboxylic acids is 1. The van der Waals surface area contributed by atoms with Crippen LogP contribution in [0.25, 0.3) is 32.9 Å². The van der Waals surface area contributed by atoms with Crippen LogP contribution in [0.1, 0.15) is 76.8 Å². The van der Waals surface area contributed by atoms with E-state index < -0.39 is 40.6 Å². The Labute approximate surface area is 343 Å². The number of ether oxygens (including phenoxy) is 3. The van der Waals surface area contributed by atoms with Gasteiger partial charge in [-0.3, -0.25) is 14.9 Å². The molecule has 314 valence electrons. The summed E-state index contributed by atoms with van der Waals surface area (Å²) in [4.78, 5) is 30.0. The second-order valence-electron chi connectivity index (χ2n) is 16.4. The lowest BCUT2D eigenvalue weighted by atomic mass is 9.95. The summed E-state index contributed by atoms with van der Waals surface area (Å²) in [6.07, 6.45) is 7.81. The van der Waals surface area contributed by atoms with E-state index in [9.17, 15) is 18.0 Å². The third-order valence-electron chi connectivity index (χ3n) is 11.3. The number of benzene rings is 2. The molecule has 5 aromatic rings. The van der Waals surface area contributed by atoms with E-state index in [1.54, 1.807) is 50.0 Å². The minimum Gasteiger partial charge on any atom is -0.475 e. The molecular formula is C43H43F5N8O4. The number of anilines is 1. The summed E-state index contributed by atoms with van der Waals surface area (Å²) in [5.74, 6) is 0.922. The molecule has 17 heteroatoms. The zero-order chi connectivity index (χ0) is 42.4. The molecule has 0 radical (unpaired) electrons. The Morgan fingerprint density at radius 1 is 0.983 bits per heavy atom. The number of alkyl halides is 3. The monoisotopic (exact) mass is 830 g/mol. The maximum atomic E-state index is 17.3. The summed E-state index contributed by atoms with van der Waals surface area (Å²) >= 11 is 0. The number of hydrazine groups is 1. The first-order valence-corrected chi connectivity index (χ1v) is 19.9. The molecule has 6 heterocycles. The van der Waals surface area contributed by atoms with Crippen molar-refractivity contribution in [2.45, 2.75) is 89.1 Å². The molecule has 0 aliphatic carbocycles. The third kappa shape index (κ3) is 7.92. The van der Waals surface area contributed by atoms with Crippen LogP contribution in [0.15, 0.2) is 48.8 Å². The van der Waals surface area contributed by atoms with Gasteiger partial charge in [0.2, 0.25) is 5.88 Å². The molecule has 1 amide bonds. The molecule has 0 saturated carbocycles. The number of aromatic nitrogens is 5. The SMILES string of the molecule is C#Cc1c(F)ccc2cccc(-c3ncc4c(N5CCCCCN5C(=O)OC(C)(C)C)nc(OCC56CCCN5C(COc5cc(C(F)(F)F)cnn5)CC6)nc4c3F)c12. The summed E-state index contributed by atoms with van der Waals surface area (Å²) in [7, 11) is 0. The van der Waals surface area contributed by atoms with Crippen LogP contribution in [0, 0.1) is 24.0 Å². The van der Waals surface area contributed by atoms with E-state index in [4.69, 9.17) is 25.6 Å². The summed E-state index contributed by atoms with van der Waals surface area (Å²) < 4.78 is 90.2. The lowest BCUT2D eigenvalue weighted by Crippen LogP contribution is -2.49. The van der Waals surface area contributed by atoms with E-state index in [1.165, 1.54) is 17.3 Å². The van der Waals surface area contributed by atoms with Crippen molar-refractivity contribution in [1.29, 1.82) is 0 Å². The Morgan fingerprint density at radius 3 is 2.58 bits per heavy atom. The number of fused-ring (bicyclic) bond motifs is 3. The Hall–Kier alpha value is -5.89. The van der Waals surface area contributed by atoms with Crippen LogP contribution in [0.5, 0.6) is 11.9 Å². The van der Waals surface area contributed by atoms with Gasteiger partial charge in [0.1, 0.15) is 35.8 Å². The second kappa shape index (κ2) is 15.9. The fourth-order valence-corrected chi connectivity index (χ4v) is 8.57. The highest BCUT2D eigenvalue weighted by Gasteiger charge is 2.50. The molecule has 60 heavy (non-hydrogen) atoms. The van der Waals surface area contributed by atoms with Crippen molar-refractivity contribution in [2.24, 2.45) is 0 Å². The van der Waals surface area contributed by atoms with Gasteiger partial charge in [0.25, 0.3) is 0 Å². The number of nitrogens with zero attached hydrogens (tertiary/aromatic N) is 8. The smallest absolute Gasteiger partial charge is 0.429 e. The minimum absolute atomic E-state index is 0.0298. The molecular weight excluding hydrogens is 788 g/mol. The van der Waals surface area contributed by atoms with Crippen molar-refractivity contribution >= 4 is 33.6 Å². The zero-order valence-electron chi connectivity index (χ0n) is 33.4. The van der Waals surface area contributed by atoms with E-state index >= 15 is 8.78 Å². The van der Waals surface area contributed by atoms with Gasteiger partial charge in [-0.05, 0) is 83.7 Å². The van der Waals surface area contributed by atoms with Gasteiger partial charge in [0.15, 0.2) is 11.6 Å². The van der Waals surface area contributed by atoms with E-state index in [1.807, 2.05) is 0 Å². The standard InChI is InChI=1S/C43H43F5N8O4/c1-5-29-32(44)14-13-26-11-9-12-30(34(26)29)36-35(45)37-31(23-49-36)38(55-19-7-6-8-20-56(55)40(57)60-41(2,3)4)52-39(51-37)59-25-42-16-10-18-54(42)28(15-17-42)24-58-33-21-27(22-50-53-33)43(46,47)48/h1,9,11-14,21-23,28H,6-8,10,15-20,24-25H2,2-4H3. The van der Waals surface area contributed by atoms with E-state index in [0.29, 0.717) is 62.3 Å². The van der Waals surface area contributed by atoms with Crippen molar-refractivity contribution in [2.75, 3.05) is 37.9 Å². The molecule has 3 aromatic heterocycles.